The molecule has 3 N–H and O–H groups in total. The van der Waals surface area contributed by atoms with Crippen LogP contribution >= 0.6 is 0 Å². The highest BCUT2D eigenvalue weighted by molar-refractivity contribution is 5.77. The molecular weight excluding hydrogens is 212 g/mol. The lowest BCUT2D eigenvalue weighted by Gasteiger charge is -2.24. The summed E-state index contributed by atoms with van der Waals surface area (Å²) in [6.45, 7) is 6.12. The molecule has 0 atom stereocenters. The van der Waals surface area contributed by atoms with E-state index in [1.807, 2.05) is 38.1 Å². The SMILES string of the molecule is CCC(C)(C)NC(=O)CCc1ccccc1N. The van der Waals surface area contributed by atoms with Crippen molar-refractivity contribution in [1.82, 2.24) is 5.32 Å². The molecule has 0 saturated heterocycles. The first-order chi connectivity index (χ1) is 7.94. The van der Waals surface area contributed by atoms with E-state index >= 15 is 0 Å². The molecule has 94 valence electrons. The van der Waals surface area contributed by atoms with E-state index in [2.05, 4.69) is 12.2 Å². The zero-order valence-electron chi connectivity index (χ0n) is 10.9. The number of aryl methyl sites for hydroxylation is 1. The van der Waals surface area contributed by atoms with Gasteiger partial charge in [-0.15, -0.1) is 0 Å². The van der Waals surface area contributed by atoms with Gasteiger partial charge in [0.25, 0.3) is 0 Å². The fraction of sp³-hybridized carbons (Fsp3) is 0.500. The van der Waals surface area contributed by atoms with Crippen LogP contribution in [-0.4, -0.2) is 11.4 Å². The van der Waals surface area contributed by atoms with Crippen molar-refractivity contribution in [1.29, 1.82) is 0 Å². The monoisotopic (exact) mass is 234 g/mol. The smallest absolute Gasteiger partial charge is 0.220 e. The third kappa shape index (κ3) is 4.47. The molecule has 0 saturated carbocycles. The summed E-state index contributed by atoms with van der Waals surface area (Å²) in [6, 6.07) is 7.68. The van der Waals surface area contributed by atoms with Crippen LogP contribution in [0.15, 0.2) is 24.3 Å². The molecule has 0 bridgehead atoms. The summed E-state index contributed by atoms with van der Waals surface area (Å²) in [5, 5.41) is 3.02. The van der Waals surface area contributed by atoms with Crippen molar-refractivity contribution in [3.63, 3.8) is 0 Å². The fourth-order valence-corrected chi connectivity index (χ4v) is 1.54. The van der Waals surface area contributed by atoms with Crippen LogP contribution < -0.4 is 11.1 Å². The predicted octanol–water partition coefficient (Wildman–Crippen LogP) is 2.51. The number of carbonyl (C=O) groups excluding carboxylic acids is 1. The molecule has 0 aliphatic rings. The molecular formula is C14H22N2O. The van der Waals surface area contributed by atoms with E-state index < -0.39 is 0 Å². The molecule has 0 aliphatic heterocycles. The number of nitrogens with two attached hydrogens (primary N) is 1. The Balaban J connectivity index is 2.47. The van der Waals surface area contributed by atoms with Gasteiger partial charge in [0.05, 0.1) is 0 Å². The normalized spacial score (nSPS) is 11.2. The van der Waals surface area contributed by atoms with Crippen molar-refractivity contribution in [3.05, 3.63) is 29.8 Å². The third-order valence-electron chi connectivity index (χ3n) is 3.04. The van der Waals surface area contributed by atoms with E-state index in [1.165, 1.54) is 0 Å². The van der Waals surface area contributed by atoms with Gasteiger partial charge in [-0.25, -0.2) is 0 Å². The average molecular weight is 234 g/mol. The Morgan fingerprint density at radius 2 is 2.00 bits per heavy atom. The number of para-hydroxylation sites is 1. The summed E-state index contributed by atoms with van der Waals surface area (Å²) < 4.78 is 0. The highest BCUT2D eigenvalue weighted by atomic mass is 16.1. The highest BCUT2D eigenvalue weighted by Gasteiger charge is 2.17. The predicted molar refractivity (Wildman–Crippen MR) is 71.7 cm³/mol. The maximum Gasteiger partial charge on any atom is 0.220 e. The molecule has 1 rings (SSSR count). The summed E-state index contributed by atoms with van der Waals surface area (Å²) in [6.07, 6.45) is 2.10. The van der Waals surface area contributed by atoms with Gasteiger partial charge in [0.1, 0.15) is 0 Å². The Hall–Kier alpha value is -1.51. The number of hydrogen-bond acceptors (Lipinski definition) is 2. The highest BCUT2D eigenvalue weighted by Crippen LogP contribution is 2.13. The Morgan fingerprint density at radius 1 is 1.35 bits per heavy atom. The zero-order chi connectivity index (χ0) is 12.9. The largest absolute Gasteiger partial charge is 0.399 e. The number of benzene rings is 1. The molecule has 0 heterocycles. The van der Waals surface area contributed by atoms with E-state index in [-0.39, 0.29) is 11.4 Å². The standard InChI is InChI=1S/C14H22N2O/c1-4-14(2,3)16-13(17)10-9-11-7-5-6-8-12(11)15/h5-8H,4,9-10,15H2,1-3H3,(H,16,17). The lowest BCUT2D eigenvalue weighted by atomic mass is 10.0. The molecule has 3 heteroatoms. The minimum Gasteiger partial charge on any atom is -0.399 e. The van der Waals surface area contributed by atoms with Crippen molar-refractivity contribution in [2.24, 2.45) is 0 Å². The fourth-order valence-electron chi connectivity index (χ4n) is 1.54. The van der Waals surface area contributed by atoms with Gasteiger partial charge in [-0.2, -0.15) is 0 Å². The van der Waals surface area contributed by atoms with Crippen molar-refractivity contribution in [2.45, 2.75) is 45.6 Å². The van der Waals surface area contributed by atoms with Crippen LogP contribution in [-0.2, 0) is 11.2 Å². The molecule has 0 spiro atoms. The summed E-state index contributed by atoms with van der Waals surface area (Å²) in [4.78, 5) is 11.8. The second kappa shape index (κ2) is 5.71. The van der Waals surface area contributed by atoms with Crippen molar-refractivity contribution < 1.29 is 4.79 Å². The van der Waals surface area contributed by atoms with Gasteiger partial charge in [-0.3, -0.25) is 4.79 Å². The number of nitrogens with one attached hydrogen (secondary N) is 1. The number of amides is 1. The Morgan fingerprint density at radius 3 is 2.59 bits per heavy atom. The lowest BCUT2D eigenvalue weighted by molar-refractivity contribution is -0.122. The maximum absolute atomic E-state index is 11.8. The van der Waals surface area contributed by atoms with Gasteiger partial charge >= 0.3 is 0 Å². The summed E-state index contributed by atoms with van der Waals surface area (Å²) in [5.41, 5.74) is 7.50. The molecule has 0 unspecified atom stereocenters. The molecule has 1 amide bonds. The first kappa shape index (κ1) is 13.6. The van der Waals surface area contributed by atoms with E-state index in [1.54, 1.807) is 0 Å². The van der Waals surface area contributed by atoms with Gasteiger partial charge in [-0.1, -0.05) is 25.1 Å². The molecule has 0 radical (unpaired) electrons. The molecule has 0 fully saturated rings. The van der Waals surface area contributed by atoms with Crippen LogP contribution in [0.3, 0.4) is 0 Å². The molecule has 1 aromatic rings. The Labute approximate surface area is 103 Å². The second-order valence-electron chi connectivity index (χ2n) is 4.98. The minimum atomic E-state index is -0.126. The molecule has 17 heavy (non-hydrogen) atoms. The van der Waals surface area contributed by atoms with E-state index in [9.17, 15) is 4.79 Å². The van der Waals surface area contributed by atoms with Crippen LogP contribution in [0.1, 0.15) is 39.2 Å². The summed E-state index contributed by atoms with van der Waals surface area (Å²) in [5.74, 6) is 0.0834. The van der Waals surface area contributed by atoms with Crippen LogP contribution in [0.5, 0.6) is 0 Å². The van der Waals surface area contributed by atoms with Crippen LogP contribution in [0.25, 0.3) is 0 Å². The Kier molecular flexibility index (Phi) is 4.55. The molecule has 3 nitrogen and oxygen atoms in total. The van der Waals surface area contributed by atoms with Crippen LogP contribution in [0.2, 0.25) is 0 Å². The number of anilines is 1. The van der Waals surface area contributed by atoms with Gasteiger partial charge in [0.2, 0.25) is 5.91 Å². The van der Waals surface area contributed by atoms with Gasteiger partial charge in [0, 0.05) is 17.6 Å². The molecule has 0 aromatic heterocycles. The van der Waals surface area contributed by atoms with Crippen molar-refractivity contribution in [2.75, 3.05) is 5.73 Å². The number of carbonyl (C=O) groups is 1. The van der Waals surface area contributed by atoms with Crippen molar-refractivity contribution >= 4 is 11.6 Å². The minimum absolute atomic E-state index is 0.0834. The van der Waals surface area contributed by atoms with E-state index in [0.29, 0.717) is 12.8 Å². The lowest BCUT2D eigenvalue weighted by Crippen LogP contribution is -2.42. The second-order valence-corrected chi connectivity index (χ2v) is 4.98. The van der Waals surface area contributed by atoms with Gasteiger partial charge in [0.15, 0.2) is 0 Å². The first-order valence-electron chi connectivity index (χ1n) is 6.09. The molecule has 1 aromatic carbocycles. The van der Waals surface area contributed by atoms with Crippen LogP contribution in [0.4, 0.5) is 5.69 Å². The number of rotatable bonds is 5. The zero-order valence-corrected chi connectivity index (χ0v) is 10.9. The summed E-state index contributed by atoms with van der Waals surface area (Å²) in [7, 11) is 0. The van der Waals surface area contributed by atoms with Crippen LogP contribution in [0, 0.1) is 0 Å². The third-order valence-corrected chi connectivity index (χ3v) is 3.04. The topological polar surface area (TPSA) is 55.1 Å². The van der Waals surface area contributed by atoms with E-state index in [0.717, 1.165) is 17.7 Å². The average Bonchev–Trinajstić information content (AvgIpc) is 2.27. The summed E-state index contributed by atoms with van der Waals surface area (Å²) >= 11 is 0. The van der Waals surface area contributed by atoms with Crippen molar-refractivity contribution in [3.8, 4) is 0 Å². The number of nitrogen functional groups attached to an aromatic ring is 1. The van der Waals surface area contributed by atoms with Gasteiger partial charge in [-0.05, 0) is 38.3 Å². The number of hydrogen-bond donors (Lipinski definition) is 2. The Bertz CT molecular complexity index is 386. The van der Waals surface area contributed by atoms with Gasteiger partial charge < -0.3 is 11.1 Å². The quantitative estimate of drug-likeness (QED) is 0.769. The van der Waals surface area contributed by atoms with E-state index in [4.69, 9.17) is 5.73 Å². The maximum atomic E-state index is 11.8. The first-order valence-corrected chi connectivity index (χ1v) is 6.09. The molecule has 0 aliphatic carbocycles.